The lowest BCUT2D eigenvalue weighted by Gasteiger charge is -2.24. The van der Waals surface area contributed by atoms with E-state index >= 15 is 0 Å². The van der Waals surface area contributed by atoms with E-state index in [-0.39, 0.29) is 10.9 Å². The number of ether oxygens (including phenoxy) is 1. The highest BCUT2D eigenvalue weighted by molar-refractivity contribution is 6.30. The molecule has 1 aliphatic carbocycles. The van der Waals surface area contributed by atoms with E-state index in [0.717, 1.165) is 31.4 Å². The third-order valence-corrected chi connectivity index (χ3v) is 5.29. The van der Waals surface area contributed by atoms with Crippen LogP contribution in [-0.4, -0.2) is 11.9 Å². The van der Waals surface area contributed by atoms with Gasteiger partial charge in [0.2, 0.25) is 6.10 Å². The smallest absolute Gasteiger partial charge is 0.418 e. The fraction of sp³-hybridized carbons (Fsp3) is 0.364. The van der Waals surface area contributed by atoms with Crippen molar-refractivity contribution in [3.8, 4) is 0 Å². The topological polar surface area (TPSA) is 55.4 Å². The van der Waals surface area contributed by atoms with Crippen LogP contribution in [-0.2, 0) is 20.5 Å². The summed E-state index contributed by atoms with van der Waals surface area (Å²) in [5.74, 6) is -1.68. The van der Waals surface area contributed by atoms with Gasteiger partial charge in [0.1, 0.15) is 0 Å². The minimum Gasteiger partial charge on any atom is -0.447 e. The van der Waals surface area contributed by atoms with E-state index in [1.54, 1.807) is 30.3 Å². The fourth-order valence-corrected chi connectivity index (χ4v) is 3.68. The van der Waals surface area contributed by atoms with Crippen LogP contribution in [0.4, 0.5) is 18.9 Å². The molecule has 30 heavy (non-hydrogen) atoms. The molecule has 160 valence electrons. The van der Waals surface area contributed by atoms with E-state index in [0.29, 0.717) is 18.4 Å². The molecule has 0 bridgehead atoms. The molecular formula is C22H21ClF3NO3. The summed E-state index contributed by atoms with van der Waals surface area (Å²) in [4.78, 5) is 25.5. The first kappa shape index (κ1) is 22.2. The predicted molar refractivity (Wildman–Crippen MR) is 107 cm³/mol. The molecule has 0 aromatic heterocycles. The number of rotatable bonds is 5. The molecule has 0 saturated heterocycles. The van der Waals surface area contributed by atoms with Gasteiger partial charge in [0, 0.05) is 10.6 Å². The maximum absolute atomic E-state index is 13.4. The average molecular weight is 440 g/mol. The van der Waals surface area contributed by atoms with Crippen molar-refractivity contribution in [2.24, 2.45) is 5.92 Å². The summed E-state index contributed by atoms with van der Waals surface area (Å²) in [6.45, 7) is 0. The monoisotopic (exact) mass is 439 g/mol. The highest BCUT2D eigenvalue weighted by atomic mass is 35.5. The van der Waals surface area contributed by atoms with Gasteiger partial charge >= 0.3 is 12.1 Å². The molecule has 1 atom stereocenters. The molecule has 3 rings (SSSR count). The Labute approximate surface area is 177 Å². The van der Waals surface area contributed by atoms with Gasteiger partial charge in [0.05, 0.1) is 17.2 Å². The highest BCUT2D eigenvalue weighted by Gasteiger charge is 2.36. The number of halogens is 4. The van der Waals surface area contributed by atoms with Gasteiger partial charge in [0.15, 0.2) is 0 Å². The maximum atomic E-state index is 13.4. The molecule has 4 nitrogen and oxygen atoms in total. The van der Waals surface area contributed by atoms with Crippen LogP contribution in [0.25, 0.3) is 0 Å². The van der Waals surface area contributed by atoms with Crippen LogP contribution in [0.5, 0.6) is 0 Å². The Morgan fingerprint density at radius 1 is 1.03 bits per heavy atom. The highest BCUT2D eigenvalue weighted by Crippen LogP contribution is 2.37. The number of anilines is 1. The maximum Gasteiger partial charge on any atom is 0.418 e. The van der Waals surface area contributed by atoms with Gasteiger partial charge in [-0.25, -0.2) is 0 Å². The zero-order valence-electron chi connectivity index (χ0n) is 16.0. The lowest BCUT2D eigenvalue weighted by molar-refractivity contribution is -0.160. The minimum atomic E-state index is -4.71. The van der Waals surface area contributed by atoms with Crippen LogP contribution in [0.1, 0.15) is 49.3 Å². The van der Waals surface area contributed by atoms with Gasteiger partial charge < -0.3 is 10.1 Å². The molecule has 1 saturated carbocycles. The van der Waals surface area contributed by atoms with Crippen LogP contribution >= 0.6 is 11.6 Å². The quantitative estimate of drug-likeness (QED) is 0.567. The van der Waals surface area contributed by atoms with Crippen molar-refractivity contribution in [3.63, 3.8) is 0 Å². The Hall–Kier alpha value is -2.54. The molecule has 1 aliphatic rings. The molecule has 0 spiro atoms. The normalized spacial score (nSPS) is 16.0. The summed E-state index contributed by atoms with van der Waals surface area (Å²) in [5, 5.41) is 2.15. The second kappa shape index (κ2) is 9.51. The molecule has 2 aromatic carbocycles. The second-order valence-corrected chi connectivity index (χ2v) is 7.68. The number of carbonyl (C=O) groups excluding carboxylic acids is 2. The van der Waals surface area contributed by atoms with Crippen LogP contribution in [0.2, 0.25) is 5.02 Å². The van der Waals surface area contributed by atoms with Crippen LogP contribution < -0.4 is 5.32 Å². The van der Waals surface area contributed by atoms with E-state index in [9.17, 15) is 22.8 Å². The Morgan fingerprint density at radius 3 is 2.33 bits per heavy atom. The van der Waals surface area contributed by atoms with Crippen molar-refractivity contribution in [2.75, 3.05) is 5.32 Å². The van der Waals surface area contributed by atoms with Crippen molar-refractivity contribution >= 4 is 29.2 Å². The van der Waals surface area contributed by atoms with Crippen molar-refractivity contribution in [3.05, 3.63) is 64.7 Å². The van der Waals surface area contributed by atoms with Gasteiger partial charge in [-0.05, 0) is 31.0 Å². The summed E-state index contributed by atoms with van der Waals surface area (Å²) in [7, 11) is 0. The zero-order valence-corrected chi connectivity index (χ0v) is 16.8. The van der Waals surface area contributed by atoms with Gasteiger partial charge in [-0.1, -0.05) is 61.2 Å². The summed E-state index contributed by atoms with van der Waals surface area (Å²) >= 11 is 5.69. The molecule has 0 aliphatic heterocycles. The third kappa shape index (κ3) is 5.53. The Kier molecular flexibility index (Phi) is 7.02. The molecule has 0 radical (unpaired) electrons. The molecule has 8 heteroatoms. The summed E-state index contributed by atoms with van der Waals surface area (Å²) in [6, 6.07) is 11.3. The number of hydrogen-bond donors (Lipinski definition) is 1. The number of carbonyl (C=O) groups is 2. The number of alkyl halides is 3. The lowest BCUT2D eigenvalue weighted by atomic mass is 9.89. The van der Waals surface area contributed by atoms with Crippen molar-refractivity contribution < 1.29 is 27.5 Å². The largest absolute Gasteiger partial charge is 0.447 e. The molecule has 1 fully saturated rings. The van der Waals surface area contributed by atoms with Crippen molar-refractivity contribution in [1.82, 2.24) is 0 Å². The first-order valence-corrected chi connectivity index (χ1v) is 10.1. The second-order valence-electron chi connectivity index (χ2n) is 7.24. The first-order valence-electron chi connectivity index (χ1n) is 9.69. The number of esters is 1. The Morgan fingerprint density at radius 2 is 1.70 bits per heavy atom. The molecular weight excluding hydrogens is 419 g/mol. The fourth-order valence-electron chi connectivity index (χ4n) is 3.51. The average Bonchev–Trinajstić information content (AvgIpc) is 2.73. The number of amides is 1. The lowest BCUT2D eigenvalue weighted by Crippen LogP contribution is -2.30. The minimum absolute atomic E-state index is 0.108. The predicted octanol–water partition coefficient (Wildman–Crippen LogP) is 6.16. The van der Waals surface area contributed by atoms with Crippen molar-refractivity contribution in [2.45, 2.75) is 44.4 Å². The van der Waals surface area contributed by atoms with Crippen LogP contribution in [0, 0.1) is 5.92 Å². The number of hydrogen-bond acceptors (Lipinski definition) is 3. The SMILES string of the molecule is O=C(O[C@H](C(=O)Nc1ccc(Cl)cc1C(F)(F)F)c1ccccc1)C1CCCCC1. The molecule has 0 unspecified atom stereocenters. The van der Waals surface area contributed by atoms with E-state index in [1.807, 2.05) is 0 Å². The molecule has 0 heterocycles. The summed E-state index contributed by atoms with van der Waals surface area (Å²) < 4.78 is 45.6. The van der Waals surface area contributed by atoms with Gasteiger partial charge in [-0.15, -0.1) is 0 Å². The van der Waals surface area contributed by atoms with Crippen LogP contribution in [0.15, 0.2) is 48.5 Å². The number of benzene rings is 2. The van der Waals surface area contributed by atoms with E-state index in [2.05, 4.69) is 5.32 Å². The first-order chi connectivity index (χ1) is 14.3. The van der Waals surface area contributed by atoms with Crippen LogP contribution in [0.3, 0.4) is 0 Å². The van der Waals surface area contributed by atoms with E-state index in [1.165, 1.54) is 6.07 Å². The molecule has 2 aromatic rings. The molecule has 1 N–H and O–H groups in total. The van der Waals surface area contributed by atoms with E-state index < -0.39 is 35.4 Å². The Balaban J connectivity index is 1.85. The number of nitrogens with one attached hydrogen (secondary N) is 1. The van der Waals surface area contributed by atoms with Crippen molar-refractivity contribution in [1.29, 1.82) is 0 Å². The van der Waals surface area contributed by atoms with E-state index in [4.69, 9.17) is 16.3 Å². The third-order valence-electron chi connectivity index (χ3n) is 5.06. The summed E-state index contributed by atoms with van der Waals surface area (Å²) in [5.41, 5.74) is -1.15. The molecule has 1 amide bonds. The Bertz CT molecular complexity index is 896. The standard InChI is InChI=1S/C22H21ClF3NO3/c23-16-11-12-18(17(13-16)22(24,25)26)27-20(28)19(14-7-3-1-4-8-14)30-21(29)15-9-5-2-6-10-15/h1,3-4,7-8,11-13,15,19H,2,5-6,9-10H2,(H,27,28)/t19-/m0/s1. The summed E-state index contributed by atoms with van der Waals surface area (Å²) in [6.07, 6.45) is -1.87. The zero-order chi connectivity index (χ0) is 21.7. The van der Waals surface area contributed by atoms with Gasteiger partial charge in [-0.3, -0.25) is 9.59 Å². The van der Waals surface area contributed by atoms with Gasteiger partial charge in [-0.2, -0.15) is 13.2 Å². The van der Waals surface area contributed by atoms with Gasteiger partial charge in [0.25, 0.3) is 5.91 Å².